The van der Waals surface area contributed by atoms with Crippen molar-refractivity contribution in [2.24, 2.45) is 0 Å². The molecule has 0 aliphatic heterocycles. The molecule has 2 nitrogen and oxygen atoms in total. The Labute approximate surface area is 77.3 Å². The molecule has 0 radical (unpaired) electrons. The monoisotopic (exact) mass is 187 g/mol. The lowest BCUT2D eigenvalue weighted by atomic mass is 10.3. The van der Waals surface area contributed by atoms with E-state index < -0.39 is 0 Å². The van der Waals surface area contributed by atoms with Crippen molar-refractivity contribution in [2.75, 3.05) is 15.9 Å². The summed E-state index contributed by atoms with van der Waals surface area (Å²) in [4.78, 5) is 0. The van der Waals surface area contributed by atoms with Gasteiger partial charge in [0.2, 0.25) is 0 Å². The fourth-order valence-corrected chi connectivity index (χ4v) is 1.12. The third-order valence-corrected chi connectivity index (χ3v) is 1.74. The molecule has 0 aliphatic rings. The van der Waals surface area contributed by atoms with Gasteiger partial charge < -0.3 is 10.0 Å². The van der Waals surface area contributed by atoms with E-state index in [1.165, 1.54) is 0 Å². The Morgan fingerprint density at radius 3 is 2.18 bits per heavy atom. The molecule has 0 amide bonds. The Hall–Kier alpha value is -0.480. The maximum absolute atomic E-state index is 3.92. The zero-order valence-electron chi connectivity index (χ0n) is 5.96. The molecule has 0 atom stereocenters. The van der Waals surface area contributed by atoms with Gasteiger partial charge in [-0.3, -0.25) is 0 Å². The van der Waals surface area contributed by atoms with Crippen LogP contribution in [-0.4, -0.2) is 5.88 Å². The second-order valence-corrected chi connectivity index (χ2v) is 2.62. The third-order valence-electron chi connectivity index (χ3n) is 1.31. The average molecular weight is 187 g/mol. The highest BCUT2D eigenvalue weighted by Crippen LogP contribution is 2.13. The summed E-state index contributed by atoms with van der Waals surface area (Å²) in [6, 6.07) is 7.88. The van der Waals surface area contributed by atoms with Gasteiger partial charge in [-0.2, -0.15) is 0 Å². The van der Waals surface area contributed by atoms with E-state index in [9.17, 15) is 0 Å². The second-order valence-electron chi connectivity index (χ2n) is 2.04. The van der Waals surface area contributed by atoms with Gasteiger partial charge in [-0.1, -0.05) is 12.8 Å². The summed E-state index contributed by atoms with van der Waals surface area (Å²) >= 11 is 7.24. The van der Waals surface area contributed by atoms with Crippen LogP contribution in [0, 0.1) is 0 Å². The van der Waals surface area contributed by atoms with Crippen LogP contribution in [0.4, 0.5) is 11.4 Å². The van der Waals surface area contributed by atoms with Crippen LogP contribution in [0.15, 0.2) is 24.3 Å². The van der Waals surface area contributed by atoms with E-state index in [0.717, 1.165) is 17.3 Å². The van der Waals surface area contributed by atoms with Crippen LogP contribution in [0.1, 0.15) is 0 Å². The van der Waals surface area contributed by atoms with Crippen LogP contribution in [0.2, 0.25) is 0 Å². The lowest BCUT2D eigenvalue weighted by Crippen LogP contribution is -1.96. The number of hydrogen-bond donors (Lipinski definition) is 3. The molecule has 0 aromatic heterocycles. The SMILES string of the molecule is SNc1ccc(NC[SH2+])cc1. The summed E-state index contributed by atoms with van der Waals surface area (Å²) < 4.78 is 2.75. The maximum Gasteiger partial charge on any atom is 0.173 e. The van der Waals surface area contributed by atoms with Crippen molar-refractivity contribution in [3.8, 4) is 0 Å². The molecule has 0 unspecified atom stereocenters. The van der Waals surface area contributed by atoms with E-state index in [4.69, 9.17) is 0 Å². The van der Waals surface area contributed by atoms with Crippen LogP contribution in [0.5, 0.6) is 0 Å². The molecular formula is C7H11N2S2+. The number of nitrogens with one attached hydrogen (secondary N) is 2. The quantitative estimate of drug-likeness (QED) is 0.491. The minimum Gasteiger partial charge on any atom is -0.344 e. The number of anilines is 2. The predicted octanol–water partition coefficient (Wildman–Crippen LogP) is 1.32. The lowest BCUT2D eigenvalue weighted by molar-refractivity contribution is 1.47. The van der Waals surface area contributed by atoms with Crippen molar-refractivity contribution in [1.82, 2.24) is 0 Å². The van der Waals surface area contributed by atoms with Gasteiger partial charge in [0.15, 0.2) is 5.88 Å². The van der Waals surface area contributed by atoms with Gasteiger partial charge in [-0.25, -0.2) is 0 Å². The Balaban J connectivity index is 2.66. The van der Waals surface area contributed by atoms with Gasteiger partial charge in [-0.05, 0) is 36.9 Å². The molecule has 0 saturated heterocycles. The van der Waals surface area contributed by atoms with Crippen LogP contribution in [0.25, 0.3) is 0 Å². The van der Waals surface area contributed by atoms with Gasteiger partial charge >= 0.3 is 0 Å². The highest BCUT2D eigenvalue weighted by molar-refractivity contribution is 7.81. The van der Waals surface area contributed by atoms with Gasteiger partial charge in [0.1, 0.15) is 0 Å². The Morgan fingerprint density at radius 2 is 1.73 bits per heavy atom. The Kier molecular flexibility index (Phi) is 3.45. The first kappa shape index (κ1) is 8.62. The topological polar surface area (TPSA) is 24.1 Å². The second kappa shape index (κ2) is 4.41. The first-order chi connectivity index (χ1) is 5.36. The summed E-state index contributed by atoms with van der Waals surface area (Å²) in [5.74, 6) is 0.758. The smallest absolute Gasteiger partial charge is 0.173 e. The van der Waals surface area contributed by atoms with E-state index in [1.54, 1.807) is 0 Å². The van der Waals surface area contributed by atoms with Crippen LogP contribution < -0.4 is 10.0 Å². The molecule has 60 valence electrons. The zero-order valence-corrected chi connectivity index (χ0v) is 7.86. The molecule has 1 aromatic rings. The number of benzene rings is 1. The standard InChI is InChI=1S/C7H10N2S2/c10-5-8-6-1-3-7(9-11)4-2-6/h1-4,8-11H,5H2/p+1. The molecule has 0 fully saturated rings. The highest BCUT2D eigenvalue weighted by atomic mass is 32.1. The first-order valence-corrected chi connectivity index (χ1v) is 4.41. The molecule has 1 rings (SSSR count). The summed E-state index contributed by atoms with van der Waals surface area (Å²) in [7, 11) is 0. The molecule has 0 spiro atoms. The number of thiol groups is 1. The fraction of sp³-hybridized carbons (Fsp3) is 0.143. The lowest BCUT2D eigenvalue weighted by Gasteiger charge is -2.01. The van der Waals surface area contributed by atoms with E-state index in [-0.39, 0.29) is 0 Å². The number of rotatable bonds is 3. The molecule has 0 aliphatic carbocycles. The van der Waals surface area contributed by atoms with Crippen molar-refractivity contribution in [1.29, 1.82) is 0 Å². The fourth-order valence-electron chi connectivity index (χ4n) is 0.765. The van der Waals surface area contributed by atoms with Crippen molar-refractivity contribution in [3.05, 3.63) is 24.3 Å². The Bertz CT molecular complexity index is 210. The normalized spacial score (nSPS) is 9.27. The van der Waals surface area contributed by atoms with Crippen molar-refractivity contribution < 1.29 is 0 Å². The highest BCUT2D eigenvalue weighted by Gasteiger charge is 1.90. The van der Waals surface area contributed by atoms with Crippen molar-refractivity contribution in [2.45, 2.75) is 0 Å². The summed E-state index contributed by atoms with van der Waals surface area (Å²) in [5, 5.41) is 3.12. The summed E-state index contributed by atoms with van der Waals surface area (Å²) in [5.41, 5.74) is 2.08. The van der Waals surface area contributed by atoms with Gasteiger partial charge in [0.05, 0.1) is 0 Å². The Morgan fingerprint density at radius 1 is 1.18 bits per heavy atom. The molecule has 1 aromatic carbocycles. The van der Waals surface area contributed by atoms with Crippen LogP contribution >= 0.6 is 12.8 Å². The van der Waals surface area contributed by atoms with Gasteiger partial charge in [0.25, 0.3) is 0 Å². The van der Waals surface area contributed by atoms with Crippen molar-refractivity contribution in [3.63, 3.8) is 0 Å². The molecule has 0 bridgehead atoms. The molecule has 0 saturated carbocycles. The molecule has 11 heavy (non-hydrogen) atoms. The van der Waals surface area contributed by atoms with E-state index in [1.807, 2.05) is 24.3 Å². The average Bonchev–Trinajstić information content (AvgIpc) is 2.07. The first-order valence-electron chi connectivity index (χ1n) is 3.25. The molecule has 0 heterocycles. The summed E-state index contributed by atoms with van der Waals surface area (Å²) in [6.45, 7) is 0. The van der Waals surface area contributed by atoms with Crippen molar-refractivity contribution >= 4 is 36.8 Å². The minimum atomic E-state index is 0.758. The largest absolute Gasteiger partial charge is 0.344 e. The molecule has 2 N–H and O–H groups in total. The minimum absolute atomic E-state index is 0.758. The van der Waals surface area contributed by atoms with Crippen LogP contribution in [0.3, 0.4) is 0 Å². The van der Waals surface area contributed by atoms with E-state index in [2.05, 4.69) is 35.5 Å². The zero-order chi connectivity index (χ0) is 8.10. The van der Waals surface area contributed by atoms with Gasteiger partial charge in [0, 0.05) is 11.4 Å². The number of hydrogen-bond acceptors (Lipinski definition) is 3. The van der Waals surface area contributed by atoms with E-state index in [0.29, 0.717) is 0 Å². The van der Waals surface area contributed by atoms with Gasteiger partial charge in [-0.15, -0.1) is 0 Å². The van der Waals surface area contributed by atoms with Crippen LogP contribution in [-0.2, 0) is 12.6 Å². The molecular weight excluding hydrogens is 176 g/mol. The van der Waals surface area contributed by atoms with E-state index >= 15 is 0 Å². The predicted molar refractivity (Wildman–Crippen MR) is 57.7 cm³/mol. The third kappa shape index (κ3) is 2.55. The summed E-state index contributed by atoms with van der Waals surface area (Å²) in [6.07, 6.45) is 0. The maximum atomic E-state index is 3.92. The molecule has 4 heteroatoms.